The Morgan fingerprint density at radius 3 is 2.27 bits per heavy atom. The number of amides is 5. The number of likely N-dealkylation sites (N-methyl/N-ethyl adjacent to an activating group) is 1. The van der Waals surface area contributed by atoms with Gasteiger partial charge in [0.2, 0.25) is 23.6 Å². The van der Waals surface area contributed by atoms with E-state index in [1.54, 1.807) is 32.9 Å². The molecule has 4 atom stereocenters. The predicted molar refractivity (Wildman–Crippen MR) is 204 cm³/mol. The van der Waals surface area contributed by atoms with Crippen molar-refractivity contribution in [2.45, 2.75) is 103 Å². The van der Waals surface area contributed by atoms with E-state index in [9.17, 15) is 39.0 Å². The first kappa shape index (κ1) is 44.0. The van der Waals surface area contributed by atoms with Gasteiger partial charge < -0.3 is 51.2 Å². The Morgan fingerprint density at radius 2 is 1.62 bits per heavy atom. The number of carbonyl (C=O) groups is 6. The fraction of sp³-hybridized carbons (Fsp3) is 0.538. The van der Waals surface area contributed by atoms with Crippen LogP contribution in [0, 0.1) is 0 Å². The number of ether oxygens (including phenoxy) is 2. The molecule has 0 fully saturated rings. The molecule has 3 rings (SSSR count). The van der Waals surface area contributed by atoms with Crippen molar-refractivity contribution in [3.63, 3.8) is 0 Å². The first-order chi connectivity index (χ1) is 25.9. The van der Waals surface area contributed by atoms with E-state index >= 15 is 0 Å². The first-order valence-electron chi connectivity index (χ1n) is 18.5. The number of hydrogen-bond donors (Lipinski definition) is 7. The van der Waals surface area contributed by atoms with Gasteiger partial charge in [-0.2, -0.15) is 0 Å². The van der Waals surface area contributed by atoms with Gasteiger partial charge in [-0.1, -0.05) is 19.1 Å². The fourth-order valence-electron chi connectivity index (χ4n) is 6.02. The molecule has 1 aliphatic heterocycles. The highest BCUT2D eigenvalue weighted by Crippen LogP contribution is 2.39. The molecule has 4 bridgehead atoms. The zero-order valence-corrected chi connectivity index (χ0v) is 32.7. The van der Waals surface area contributed by atoms with Gasteiger partial charge in [0.05, 0.1) is 7.11 Å². The maximum atomic E-state index is 14.4. The monoisotopic (exact) mass is 768 g/mol. The Bertz CT molecular complexity index is 1690. The van der Waals surface area contributed by atoms with Gasteiger partial charge in [-0.05, 0) is 95.3 Å². The van der Waals surface area contributed by atoms with Crippen molar-refractivity contribution in [3.05, 3.63) is 47.5 Å². The van der Waals surface area contributed by atoms with Crippen molar-refractivity contribution in [2.75, 3.05) is 33.8 Å². The lowest BCUT2D eigenvalue weighted by Crippen LogP contribution is -2.55. The smallest absolute Gasteiger partial charge is 0.407 e. The number of benzene rings is 2. The van der Waals surface area contributed by atoms with E-state index in [2.05, 4.69) is 26.6 Å². The second kappa shape index (κ2) is 20.3. The van der Waals surface area contributed by atoms with Gasteiger partial charge in [-0.25, -0.2) is 9.59 Å². The average Bonchev–Trinajstić information content (AvgIpc) is 3.12. The lowest BCUT2D eigenvalue weighted by molar-refractivity contribution is -0.145. The van der Waals surface area contributed by atoms with Gasteiger partial charge in [0.15, 0.2) is 0 Å². The number of phenolic OH excluding ortho intramolecular Hbond substituents is 2. The van der Waals surface area contributed by atoms with Crippen LogP contribution in [0.2, 0.25) is 0 Å². The van der Waals surface area contributed by atoms with Crippen LogP contribution in [0.5, 0.6) is 11.5 Å². The minimum absolute atomic E-state index is 0.0223. The average molecular weight is 769 g/mol. The summed E-state index contributed by atoms with van der Waals surface area (Å²) in [7, 11) is 2.57. The summed E-state index contributed by atoms with van der Waals surface area (Å²) >= 11 is 0. The number of alkyl carbamates (subject to hydrolysis) is 1. The van der Waals surface area contributed by atoms with E-state index < -0.39 is 59.6 Å². The minimum atomic E-state index is -1.40. The number of nitrogens with zero attached hydrogens (tertiary/aromatic N) is 1. The summed E-state index contributed by atoms with van der Waals surface area (Å²) in [6.45, 7) is 10.0. The van der Waals surface area contributed by atoms with Crippen LogP contribution in [0.4, 0.5) is 4.79 Å². The number of hydrogen-bond acceptors (Lipinski definition) is 11. The van der Waals surface area contributed by atoms with Crippen molar-refractivity contribution in [1.82, 2.24) is 31.5 Å². The lowest BCUT2D eigenvalue weighted by atomic mass is 9.93. The van der Waals surface area contributed by atoms with Gasteiger partial charge >= 0.3 is 12.1 Å². The van der Waals surface area contributed by atoms with Crippen LogP contribution < -0.4 is 26.6 Å². The molecule has 0 radical (unpaired) electrons. The molecule has 55 heavy (non-hydrogen) atoms. The molecule has 0 saturated heterocycles. The third kappa shape index (κ3) is 13.2. The second-order valence-corrected chi connectivity index (χ2v) is 14.5. The van der Waals surface area contributed by atoms with Crippen molar-refractivity contribution in [2.24, 2.45) is 0 Å². The summed E-state index contributed by atoms with van der Waals surface area (Å²) < 4.78 is 10.2. The van der Waals surface area contributed by atoms with Crippen LogP contribution in [0.1, 0.15) is 83.9 Å². The van der Waals surface area contributed by atoms with Crippen LogP contribution in [-0.4, -0.2) is 108 Å². The molecule has 7 N–H and O–H groups in total. The summed E-state index contributed by atoms with van der Waals surface area (Å²) in [5.74, 6) is -3.64. The van der Waals surface area contributed by atoms with Crippen molar-refractivity contribution in [1.29, 1.82) is 0 Å². The van der Waals surface area contributed by atoms with Gasteiger partial charge in [0, 0.05) is 44.1 Å². The number of nitrogens with one attached hydrogen (secondary N) is 5. The number of carbonyl (C=O) groups excluding carboxylic acids is 6. The SMILES string of the molecule is CCCNCCC(=O)N[C@@H](CCCCNC(=O)OC(C)(C)C)C(=O)N(C)[C@@H]1C(=O)N[C@@H](C)C(=O)N[C@H](C(=O)OC)Cc2ccc(O)c(c2)-c2cc1ccc2O. The number of rotatable bonds is 14. The summed E-state index contributed by atoms with van der Waals surface area (Å²) in [6, 6.07) is 3.94. The standard InChI is InChI=1S/C39H56N6O10/c1-8-17-40-19-16-32(48)43-28(11-9-10-18-41-38(53)55-39(3,4)5)36(51)45(6)33-25-13-15-31(47)27(22-25)26-20-24(12-14-30(26)46)21-29(37(52)54-7)44-34(49)23(2)42-35(33)50/h12-15,20,22-23,28-29,33,40,46-47H,8-11,16-19,21H2,1-7H3,(H,41,53)(H,42,50)(H,43,48)(H,44,49)/t23-,28-,29-,33-/m0/s1. The summed E-state index contributed by atoms with van der Waals surface area (Å²) in [6.07, 6.45) is 1.40. The van der Waals surface area contributed by atoms with Gasteiger partial charge in [-0.15, -0.1) is 0 Å². The van der Waals surface area contributed by atoms with Gasteiger partial charge in [0.25, 0.3) is 0 Å². The number of methoxy groups -OCH3 is 1. The molecule has 16 nitrogen and oxygen atoms in total. The third-order valence-corrected chi connectivity index (χ3v) is 8.84. The minimum Gasteiger partial charge on any atom is -0.507 e. The summed E-state index contributed by atoms with van der Waals surface area (Å²) in [4.78, 5) is 80.9. The molecule has 0 aliphatic carbocycles. The number of phenols is 2. The highest BCUT2D eigenvalue weighted by atomic mass is 16.6. The number of fused-ring (bicyclic) bond motifs is 5. The Morgan fingerprint density at radius 1 is 0.945 bits per heavy atom. The predicted octanol–water partition coefficient (Wildman–Crippen LogP) is 2.55. The molecule has 0 unspecified atom stereocenters. The van der Waals surface area contributed by atoms with Crippen LogP contribution >= 0.6 is 0 Å². The molecular formula is C39H56N6O10. The maximum Gasteiger partial charge on any atom is 0.407 e. The van der Waals surface area contributed by atoms with Crippen LogP contribution in [0.3, 0.4) is 0 Å². The van der Waals surface area contributed by atoms with E-state index in [0.29, 0.717) is 24.9 Å². The molecule has 1 heterocycles. The molecule has 0 aromatic heterocycles. The molecule has 5 amide bonds. The molecule has 302 valence electrons. The topological polar surface area (TPSA) is 225 Å². The van der Waals surface area contributed by atoms with E-state index in [1.165, 1.54) is 45.3 Å². The van der Waals surface area contributed by atoms with Gasteiger partial charge in [-0.3, -0.25) is 19.2 Å². The zero-order valence-electron chi connectivity index (χ0n) is 32.7. The van der Waals surface area contributed by atoms with Crippen molar-refractivity contribution < 1.29 is 48.5 Å². The first-order valence-corrected chi connectivity index (χ1v) is 18.5. The highest BCUT2D eigenvalue weighted by Gasteiger charge is 2.36. The lowest BCUT2D eigenvalue weighted by Gasteiger charge is -2.32. The zero-order chi connectivity index (χ0) is 40.9. The van der Waals surface area contributed by atoms with Crippen LogP contribution in [0.15, 0.2) is 36.4 Å². The molecule has 1 aliphatic rings. The summed E-state index contributed by atoms with van der Waals surface area (Å²) in [5.41, 5.74) is 0.402. The molecule has 2 aromatic rings. The maximum absolute atomic E-state index is 14.4. The Balaban J connectivity index is 2.00. The van der Waals surface area contributed by atoms with Crippen molar-refractivity contribution >= 4 is 35.7 Å². The van der Waals surface area contributed by atoms with Crippen molar-refractivity contribution in [3.8, 4) is 22.6 Å². The van der Waals surface area contributed by atoms with Crippen LogP contribution in [-0.2, 0) is 39.9 Å². The second-order valence-electron chi connectivity index (χ2n) is 14.5. The molecule has 0 spiro atoms. The van der Waals surface area contributed by atoms with E-state index in [0.717, 1.165) is 17.9 Å². The Kier molecular flexibility index (Phi) is 16.3. The largest absolute Gasteiger partial charge is 0.507 e. The quantitative estimate of drug-likeness (QED) is 0.109. The normalized spacial score (nSPS) is 17.8. The number of unbranched alkanes of at least 4 members (excludes halogenated alkanes) is 1. The Labute approximate surface area is 322 Å². The molecule has 16 heteroatoms. The third-order valence-electron chi connectivity index (χ3n) is 8.84. The number of esters is 1. The van der Waals surface area contributed by atoms with Gasteiger partial charge in [0.1, 0.15) is 41.3 Å². The molecule has 0 saturated carbocycles. The molecule has 2 aromatic carbocycles. The highest BCUT2D eigenvalue weighted by molar-refractivity contribution is 5.96. The molecular weight excluding hydrogens is 712 g/mol. The number of aromatic hydroxyl groups is 2. The fourth-order valence-corrected chi connectivity index (χ4v) is 6.02. The Hall–Kier alpha value is -5.38. The summed E-state index contributed by atoms with van der Waals surface area (Å²) in [5, 5.41) is 35.8. The van der Waals surface area contributed by atoms with E-state index in [1.807, 2.05) is 6.92 Å². The van der Waals surface area contributed by atoms with E-state index in [-0.39, 0.29) is 59.9 Å². The van der Waals surface area contributed by atoms with E-state index in [4.69, 9.17) is 9.47 Å². The van der Waals surface area contributed by atoms with Crippen LogP contribution in [0.25, 0.3) is 11.1 Å².